The lowest BCUT2D eigenvalue weighted by molar-refractivity contribution is 0.330. The molecule has 0 aliphatic rings. The van der Waals surface area contributed by atoms with Gasteiger partial charge in [0.25, 0.3) is 0 Å². The average molecular weight is 312 g/mol. The molecule has 0 spiro atoms. The zero-order valence-electron chi connectivity index (χ0n) is 14.6. The van der Waals surface area contributed by atoms with Gasteiger partial charge in [0.1, 0.15) is 11.5 Å². The summed E-state index contributed by atoms with van der Waals surface area (Å²) in [6.45, 7) is 8.98. The molecule has 0 aliphatic carbocycles. The van der Waals surface area contributed by atoms with E-state index in [0.717, 1.165) is 12.8 Å². The number of hydrogen-bond acceptors (Lipinski definition) is 2. The van der Waals surface area contributed by atoms with Crippen molar-refractivity contribution in [3.05, 3.63) is 59.7 Å². The Morgan fingerprint density at radius 3 is 1.22 bits per heavy atom. The molecule has 0 atom stereocenters. The van der Waals surface area contributed by atoms with Crippen LogP contribution in [0.15, 0.2) is 48.5 Å². The van der Waals surface area contributed by atoms with E-state index in [4.69, 9.17) is 0 Å². The maximum atomic E-state index is 9.66. The molecule has 2 N–H and O–H groups in total. The summed E-state index contributed by atoms with van der Waals surface area (Å²) in [4.78, 5) is 0. The fourth-order valence-corrected chi connectivity index (χ4v) is 3.68. The second-order valence-corrected chi connectivity index (χ2v) is 7.37. The van der Waals surface area contributed by atoms with Crippen LogP contribution in [0.2, 0.25) is 0 Å². The molecular weight excluding hydrogens is 284 g/mol. The van der Waals surface area contributed by atoms with Crippen molar-refractivity contribution < 1.29 is 10.2 Å². The molecule has 2 nitrogen and oxygen atoms in total. The molecule has 2 rings (SSSR count). The lowest BCUT2D eigenvalue weighted by Crippen LogP contribution is -2.31. The topological polar surface area (TPSA) is 40.5 Å². The second-order valence-electron chi connectivity index (χ2n) is 7.37. The molecule has 0 heterocycles. The smallest absolute Gasteiger partial charge is 0.115 e. The molecule has 0 unspecified atom stereocenters. The summed E-state index contributed by atoms with van der Waals surface area (Å²) in [5.41, 5.74) is 2.34. The van der Waals surface area contributed by atoms with Gasteiger partial charge in [-0.2, -0.15) is 0 Å². The van der Waals surface area contributed by atoms with E-state index >= 15 is 0 Å². The van der Waals surface area contributed by atoms with Crippen molar-refractivity contribution in [1.82, 2.24) is 0 Å². The normalized spacial score (nSPS) is 12.1. The van der Waals surface area contributed by atoms with Crippen LogP contribution >= 0.6 is 0 Å². The highest BCUT2D eigenvalue weighted by atomic mass is 16.3. The van der Waals surface area contributed by atoms with Crippen molar-refractivity contribution in [2.45, 2.75) is 46.0 Å². The SMILES string of the molecule is CC(C)CC(CC(C)C)(c1ccc(O)cc1)c1ccc(O)cc1. The monoisotopic (exact) mass is 312 g/mol. The molecule has 124 valence electrons. The van der Waals surface area contributed by atoms with Crippen molar-refractivity contribution in [3.8, 4) is 11.5 Å². The molecule has 0 fully saturated rings. The molecule has 0 saturated heterocycles. The number of benzene rings is 2. The summed E-state index contributed by atoms with van der Waals surface area (Å²) in [6, 6.07) is 15.2. The largest absolute Gasteiger partial charge is 0.508 e. The Labute approximate surface area is 139 Å². The van der Waals surface area contributed by atoms with Gasteiger partial charge < -0.3 is 10.2 Å². The van der Waals surface area contributed by atoms with Crippen LogP contribution in [-0.2, 0) is 5.41 Å². The fourth-order valence-electron chi connectivity index (χ4n) is 3.68. The predicted octanol–water partition coefficient (Wildman–Crippen LogP) is 5.48. The van der Waals surface area contributed by atoms with Gasteiger partial charge >= 0.3 is 0 Å². The highest BCUT2D eigenvalue weighted by Gasteiger charge is 2.35. The van der Waals surface area contributed by atoms with Gasteiger partial charge in [-0.25, -0.2) is 0 Å². The number of phenolic OH excluding ortho intramolecular Hbond substituents is 2. The Kier molecular flexibility index (Phi) is 5.35. The fraction of sp³-hybridized carbons (Fsp3) is 0.429. The molecule has 2 aromatic carbocycles. The number of hydrogen-bond donors (Lipinski definition) is 2. The average Bonchev–Trinajstić information content (AvgIpc) is 2.46. The van der Waals surface area contributed by atoms with Crippen LogP contribution in [0.3, 0.4) is 0 Å². The van der Waals surface area contributed by atoms with E-state index in [1.54, 1.807) is 24.3 Å². The van der Waals surface area contributed by atoms with Crippen LogP contribution in [0, 0.1) is 11.8 Å². The van der Waals surface area contributed by atoms with Gasteiger partial charge in [-0.15, -0.1) is 0 Å². The van der Waals surface area contributed by atoms with Gasteiger partial charge in [-0.05, 0) is 60.1 Å². The first kappa shape index (κ1) is 17.4. The summed E-state index contributed by atoms with van der Waals surface area (Å²) in [5, 5.41) is 19.3. The summed E-state index contributed by atoms with van der Waals surface area (Å²) in [7, 11) is 0. The predicted molar refractivity (Wildman–Crippen MR) is 95.9 cm³/mol. The third kappa shape index (κ3) is 4.07. The van der Waals surface area contributed by atoms with Crippen molar-refractivity contribution in [2.75, 3.05) is 0 Å². The number of aromatic hydroxyl groups is 2. The zero-order chi connectivity index (χ0) is 17.0. The zero-order valence-corrected chi connectivity index (χ0v) is 14.6. The highest BCUT2D eigenvalue weighted by Crippen LogP contribution is 2.44. The van der Waals surface area contributed by atoms with Crippen molar-refractivity contribution >= 4 is 0 Å². The molecule has 0 aromatic heterocycles. The summed E-state index contributed by atoms with van der Waals surface area (Å²) < 4.78 is 0. The van der Waals surface area contributed by atoms with Gasteiger partial charge in [0.2, 0.25) is 0 Å². The van der Waals surface area contributed by atoms with E-state index in [1.807, 2.05) is 24.3 Å². The molecule has 23 heavy (non-hydrogen) atoms. The molecule has 0 saturated carbocycles. The van der Waals surface area contributed by atoms with Crippen LogP contribution in [0.4, 0.5) is 0 Å². The first-order valence-corrected chi connectivity index (χ1v) is 8.42. The Morgan fingerprint density at radius 1 is 0.652 bits per heavy atom. The van der Waals surface area contributed by atoms with Crippen LogP contribution in [-0.4, -0.2) is 10.2 Å². The lowest BCUT2D eigenvalue weighted by Gasteiger charge is -2.38. The van der Waals surface area contributed by atoms with E-state index in [-0.39, 0.29) is 5.41 Å². The van der Waals surface area contributed by atoms with Crippen LogP contribution in [0.1, 0.15) is 51.7 Å². The minimum absolute atomic E-state index is 0.107. The Hall–Kier alpha value is -1.96. The van der Waals surface area contributed by atoms with Crippen molar-refractivity contribution in [1.29, 1.82) is 0 Å². The number of phenols is 2. The van der Waals surface area contributed by atoms with Crippen LogP contribution in [0.5, 0.6) is 11.5 Å². The first-order valence-electron chi connectivity index (χ1n) is 8.42. The minimum atomic E-state index is -0.107. The second kappa shape index (κ2) is 7.08. The summed E-state index contributed by atoms with van der Waals surface area (Å²) in [6.07, 6.45) is 2.06. The molecule has 0 radical (unpaired) electrons. The van der Waals surface area contributed by atoms with E-state index < -0.39 is 0 Å². The van der Waals surface area contributed by atoms with E-state index in [9.17, 15) is 10.2 Å². The molecule has 0 amide bonds. The molecular formula is C21H28O2. The Morgan fingerprint density at radius 2 is 0.957 bits per heavy atom. The standard InChI is InChI=1S/C21H28O2/c1-15(2)13-21(14-16(3)4,17-5-9-19(22)10-6-17)18-7-11-20(23)12-8-18/h5-12,15-16,22-23H,13-14H2,1-4H3. The third-order valence-electron chi connectivity index (χ3n) is 4.35. The van der Waals surface area contributed by atoms with Gasteiger partial charge in [-0.3, -0.25) is 0 Å². The molecule has 0 aliphatic heterocycles. The number of rotatable bonds is 6. The molecule has 2 heteroatoms. The van der Waals surface area contributed by atoms with Gasteiger partial charge in [0, 0.05) is 5.41 Å². The van der Waals surface area contributed by atoms with Gasteiger partial charge in [-0.1, -0.05) is 52.0 Å². The maximum absolute atomic E-state index is 9.66. The Bertz CT molecular complexity index is 552. The molecule has 2 aromatic rings. The van der Waals surface area contributed by atoms with Crippen molar-refractivity contribution in [3.63, 3.8) is 0 Å². The van der Waals surface area contributed by atoms with Crippen molar-refractivity contribution in [2.24, 2.45) is 11.8 Å². The van der Waals surface area contributed by atoms with Gasteiger partial charge in [0.05, 0.1) is 0 Å². The highest BCUT2D eigenvalue weighted by molar-refractivity contribution is 5.43. The van der Waals surface area contributed by atoms with Gasteiger partial charge in [0.15, 0.2) is 0 Å². The van der Waals surface area contributed by atoms with Crippen LogP contribution < -0.4 is 0 Å². The summed E-state index contributed by atoms with van der Waals surface area (Å²) in [5.74, 6) is 1.66. The maximum Gasteiger partial charge on any atom is 0.115 e. The van der Waals surface area contributed by atoms with E-state index in [0.29, 0.717) is 23.3 Å². The first-order chi connectivity index (χ1) is 10.8. The van der Waals surface area contributed by atoms with E-state index in [1.165, 1.54) is 11.1 Å². The third-order valence-corrected chi connectivity index (χ3v) is 4.35. The van der Waals surface area contributed by atoms with E-state index in [2.05, 4.69) is 27.7 Å². The lowest BCUT2D eigenvalue weighted by atomic mass is 9.65. The Balaban J connectivity index is 2.62. The summed E-state index contributed by atoms with van der Waals surface area (Å²) >= 11 is 0. The van der Waals surface area contributed by atoms with Crippen LogP contribution in [0.25, 0.3) is 0 Å². The minimum Gasteiger partial charge on any atom is -0.508 e. The molecule has 0 bridgehead atoms. The quantitative estimate of drug-likeness (QED) is 0.742.